The quantitative estimate of drug-likeness (QED) is 0.683. The van der Waals surface area contributed by atoms with E-state index >= 15 is 0 Å². The maximum atomic E-state index is 13.7. The first kappa shape index (κ1) is 18.7. The summed E-state index contributed by atoms with van der Waals surface area (Å²) < 4.78 is 41.1. The second-order valence-electron chi connectivity index (χ2n) is 5.64. The Morgan fingerprint density at radius 1 is 1.00 bits per heavy atom. The zero-order chi connectivity index (χ0) is 19.3. The first-order chi connectivity index (χ1) is 13.0. The van der Waals surface area contributed by atoms with Crippen LogP contribution in [0.2, 0.25) is 0 Å². The molecule has 1 amide bonds. The molecule has 0 fully saturated rings. The van der Waals surface area contributed by atoms with Crippen LogP contribution in [0.3, 0.4) is 0 Å². The van der Waals surface area contributed by atoms with Gasteiger partial charge < -0.3 is 5.32 Å². The van der Waals surface area contributed by atoms with Crippen LogP contribution in [0, 0.1) is 5.82 Å². The van der Waals surface area contributed by atoms with Crippen LogP contribution >= 0.6 is 0 Å². The summed E-state index contributed by atoms with van der Waals surface area (Å²) in [7, 11) is -3.82. The van der Waals surface area contributed by atoms with E-state index in [-0.39, 0.29) is 22.7 Å². The number of carbonyl (C=O) groups is 1. The fraction of sp³-hybridized carbons (Fsp3) is 0.0526. The molecule has 0 atom stereocenters. The number of nitrogens with zero attached hydrogens (tertiary/aromatic N) is 1. The van der Waals surface area contributed by atoms with E-state index in [9.17, 15) is 17.6 Å². The van der Waals surface area contributed by atoms with E-state index in [1.807, 2.05) is 0 Å². The van der Waals surface area contributed by atoms with Gasteiger partial charge in [-0.05, 0) is 48.0 Å². The van der Waals surface area contributed by atoms with Crippen LogP contribution < -0.4 is 10.0 Å². The van der Waals surface area contributed by atoms with Gasteiger partial charge in [0.05, 0.1) is 10.6 Å². The molecule has 0 bridgehead atoms. The van der Waals surface area contributed by atoms with Crippen molar-refractivity contribution in [3.8, 4) is 0 Å². The SMILES string of the molecule is O=C(Nc1ccccc1F)c1cccc(S(=O)(=O)NCc2ccncc2)c1. The van der Waals surface area contributed by atoms with E-state index in [1.54, 1.807) is 30.6 Å². The molecule has 8 heteroatoms. The van der Waals surface area contributed by atoms with Crippen LogP contribution in [-0.2, 0) is 16.6 Å². The van der Waals surface area contributed by atoms with E-state index in [1.165, 1.54) is 42.5 Å². The number of aromatic nitrogens is 1. The minimum atomic E-state index is -3.82. The summed E-state index contributed by atoms with van der Waals surface area (Å²) in [4.78, 5) is 16.1. The molecule has 3 aromatic rings. The first-order valence-corrected chi connectivity index (χ1v) is 9.48. The molecule has 0 spiro atoms. The summed E-state index contributed by atoms with van der Waals surface area (Å²) in [6, 6.07) is 14.7. The number of rotatable bonds is 6. The molecule has 0 aliphatic heterocycles. The lowest BCUT2D eigenvalue weighted by Gasteiger charge is -2.09. The van der Waals surface area contributed by atoms with Gasteiger partial charge in [-0.15, -0.1) is 0 Å². The van der Waals surface area contributed by atoms with Gasteiger partial charge in [-0.25, -0.2) is 17.5 Å². The van der Waals surface area contributed by atoms with Crippen LogP contribution in [-0.4, -0.2) is 19.3 Å². The average Bonchev–Trinajstić information content (AvgIpc) is 2.69. The summed E-state index contributed by atoms with van der Waals surface area (Å²) in [5.41, 5.74) is 0.874. The number of benzene rings is 2. The van der Waals surface area contributed by atoms with Crippen LogP contribution in [0.25, 0.3) is 0 Å². The van der Waals surface area contributed by atoms with Gasteiger partial charge in [0.1, 0.15) is 5.82 Å². The number of nitrogens with one attached hydrogen (secondary N) is 2. The Bertz CT molecular complexity index is 1060. The van der Waals surface area contributed by atoms with Crippen LogP contribution in [0.1, 0.15) is 15.9 Å². The Hall–Kier alpha value is -3.10. The smallest absolute Gasteiger partial charge is 0.255 e. The molecular weight excluding hydrogens is 369 g/mol. The maximum absolute atomic E-state index is 13.7. The molecule has 0 aliphatic rings. The Morgan fingerprint density at radius 3 is 2.48 bits per heavy atom. The molecule has 6 nitrogen and oxygen atoms in total. The number of pyridine rings is 1. The van der Waals surface area contributed by atoms with Crippen molar-refractivity contribution in [3.05, 3.63) is 90.0 Å². The lowest BCUT2D eigenvalue weighted by molar-refractivity contribution is 0.102. The van der Waals surface area contributed by atoms with Gasteiger partial charge in [-0.3, -0.25) is 9.78 Å². The molecule has 1 aromatic heterocycles. The van der Waals surface area contributed by atoms with Crippen molar-refractivity contribution in [2.45, 2.75) is 11.4 Å². The summed E-state index contributed by atoms with van der Waals surface area (Å²) in [6.45, 7) is 0.0938. The summed E-state index contributed by atoms with van der Waals surface area (Å²) in [5, 5.41) is 2.43. The topological polar surface area (TPSA) is 88.2 Å². The number of para-hydroxylation sites is 1. The first-order valence-electron chi connectivity index (χ1n) is 8.00. The van der Waals surface area contributed by atoms with E-state index in [0.717, 1.165) is 5.56 Å². The van der Waals surface area contributed by atoms with Crippen molar-refractivity contribution >= 4 is 21.6 Å². The number of halogens is 1. The molecule has 27 heavy (non-hydrogen) atoms. The third kappa shape index (κ3) is 4.75. The Balaban J connectivity index is 1.76. The normalized spacial score (nSPS) is 11.1. The van der Waals surface area contributed by atoms with Crippen molar-refractivity contribution in [2.24, 2.45) is 0 Å². The fourth-order valence-corrected chi connectivity index (χ4v) is 3.39. The number of carbonyl (C=O) groups excluding carboxylic acids is 1. The maximum Gasteiger partial charge on any atom is 0.255 e. The third-order valence-corrected chi connectivity index (χ3v) is 5.14. The fourth-order valence-electron chi connectivity index (χ4n) is 2.32. The van der Waals surface area contributed by atoms with E-state index in [4.69, 9.17) is 0 Å². The van der Waals surface area contributed by atoms with Crippen LogP contribution in [0.4, 0.5) is 10.1 Å². The number of hydrogen-bond donors (Lipinski definition) is 2. The van der Waals surface area contributed by atoms with Crippen LogP contribution in [0.15, 0.2) is 78.0 Å². The minimum absolute atomic E-state index is 0.0200. The average molecular weight is 385 g/mol. The van der Waals surface area contributed by atoms with Crippen molar-refractivity contribution < 1.29 is 17.6 Å². The summed E-state index contributed by atoms with van der Waals surface area (Å²) in [5.74, 6) is -1.18. The lowest BCUT2D eigenvalue weighted by Crippen LogP contribution is -2.23. The van der Waals surface area contributed by atoms with E-state index in [0.29, 0.717) is 0 Å². The zero-order valence-electron chi connectivity index (χ0n) is 14.1. The molecule has 3 rings (SSSR count). The molecule has 2 N–H and O–H groups in total. The van der Waals surface area contributed by atoms with Gasteiger partial charge in [0.25, 0.3) is 5.91 Å². The number of amides is 1. The number of hydrogen-bond acceptors (Lipinski definition) is 4. The molecular formula is C19H16FN3O3S. The monoisotopic (exact) mass is 385 g/mol. The largest absolute Gasteiger partial charge is 0.319 e. The van der Waals surface area contributed by atoms with E-state index in [2.05, 4.69) is 15.0 Å². The highest BCUT2D eigenvalue weighted by Gasteiger charge is 2.17. The molecule has 2 aromatic carbocycles. The molecule has 0 unspecified atom stereocenters. The predicted molar refractivity (Wildman–Crippen MR) is 99.1 cm³/mol. The summed E-state index contributed by atoms with van der Waals surface area (Å²) >= 11 is 0. The van der Waals surface area contributed by atoms with E-state index < -0.39 is 21.7 Å². The lowest BCUT2D eigenvalue weighted by atomic mass is 10.2. The van der Waals surface area contributed by atoms with Crippen molar-refractivity contribution in [2.75, 3.05) is 5.32 Å². The van der Waals surface area contributed by atoms with Crippen molar-refractivity contribution in [3.63, 3.8) is 0 Å². The third-order valence-electron chi connectivity index (χ3n) is 3.74. The highest BCUT2D eigenvalue weighted by atomic mass is 32.2. The van der Waals surface area contributed by atoms with Crippen molar-refractivity contribution in [1.82, 2.24) is 9.71 Å². The second kappa shape index (κ2) is 8.07. The van der Waals surface area contributed by atoms with Gasteiger partial charge in [-0.1, -0.05) is 18.2 Å². The van der Waals surface area contributed by atoms with Gasteiger partial charge in [0.15, 0.2) is 0 Å². The molecule has 1 heterocycles. The molecule has 0 aliphatic carbocycles. The van der Waals surface area contributed by atoms with Crippen LogP contribution in [0.5, 0.6) is 0 Å². The predicted octanol–water partition coefficient (Wildman–Crippen LogP) is 2.95. The number of anilines is 1. The number of sulfonamides is 1. The molecule has 0 radical (unpaired) electrons. The molecule has 0 saturated carbocycles. The Morgan fingerprint density at radius 2 is 1.74 bits per heavy atom. The standard InChI is InChI=1S/C19H16FN3O3S/c20-17-6-1-2-7-18(17)23-19(24)15-4-3-5-16(12-15)27(25,26)22-13-14-8-10-21-11-9-14/h1-12,22H,13H2,(H,23,24). The Kier molecular flexibility index (Phi) is 5.58. The second-order valence-corrected chi connectivity index (χ2v) is 7.41. The van der Waals surface area contributed by atoms with Gasteiger partial charge in [0, 0.05) is 24.5 Å². The van der Waals surface area contributed by atoms with Gasteiger partial charge >= 0.3 is 0 Å². The highest BCUT2D eigenvalue weighted by Crippen LogP contribution is 2.16. The Labute approximate surface area is 156 Å². The van der Waals surface area contributed by atoms with Gasteiger partial charge in [-0.2, -0.15) is 0 Å². The molecule has 0 saturated heterocycles. The zero-order valence-corrected chi connectivity index (χ0v) is 14.9. The van der Waals surface area contributed by atoms with Crippen molar-refractivity contribution in [1.29, 1.82) is 0 Å². The van der Waals surface area contributed by atoms with Gasteiger partial charge in [0.2, 0.25) is 10.0 Å². The summed E-state index contributed by atoms with van der Waals surface area (Å²) in [6.07, 6.45) is 3.13. The molecule has 138 valence electrons. The minimum Gasteiger partial charge on any atom is -0.319 e. The highest BCUT2D eigenvalue weighted by molar-refractivity contribution is 7.89.